The quantitative estimate of drug-likeness (QED) is 0.497. The molecular formula is C21H18ClN3O. The van der Waals surface area contributed by atoms with Crippen LogP contribution in [0.1, 0.15) is 24.2 Å². The van der Waals surface area contributed by atoms with E-state index in [0.717, 1.165) is 23.7 Å². The first kappa shape index (κ1) is 15.6. The van der Waals surface area contributed by atoms with Crippen molar-refractivity contribution in [1.29, 1.82) is 0 Å². The van der Waals surface area contributed by atoms with Gasteiger partial charge < -0.3 is 4.74 Å². The lowest BCUT2D eigenvalue weighted by molar-refractivity contribution is 0.306. The van der Waals surface area contributed by atoms with Gasteiger partial charge in [0.2, 0.25) is 0 Å². The number of ether oxygens (including phenoxy) is 1. The van der Waals surface area contributed by atoms with Crippen molar-refractivity contribution in [1.82, 2.24) is 14.6 Å². The highest BCUT2D eigenvalue weighted by Crippen LogP contribution is 2.34. The van der Waals surface area contributed by atoms with E-state index >= 15 is 0 Å². The van der Waals surface area contributed by atoms with E-state index in [-0.39, 0.29) is 0 Å². The smallest absolute Gasteiger partial charge is 0.183 e. The van der Waals surface area contributed by atoms with Crippen molar-refractivity contribution in [3.05, 3.63) is 71.1 Å². The fourth-order valence-corrected chi connectivity index (χ4v) is 3.52. The lowest BCUT2D eigenvalue weighted by atomic mass is 10.1. The molecule has 5 rings (SSSR count). The second-order valence-electron chi connectivity index (χ2n) is 6.92. The molecule has 4 aromatic rings. The SMILES string of the molecule is Clc1c(OCc2ccc3ccccc3c2)ccn2c(CC3CC3)nnc12. The van der Waals surface area contributed by atoms with Gasteiger partial charge in [-0.05, 0) is 47.2 Å². The first-order chi connectivity index (χ1) is 12.8. The number of aromatic nitrogens is 3. The Kier molecular flexibility index (Phi) is 3.79. The molecule has 0 bridgehead atoms. The van der Waals surface area contributed by atoms with Crippen LogP contribution in [0.2, 0.25) is 5.02 Å². The van der Waals surface area contributed by atoms with Gasteiger partial charge in [0.25, 0.3) is 0 Å². The summed E-state index contributed by atoms with van der Waals surface area (Å²) >= 11 is 6.52. The van der Waals surface area contributed by atoms with E-state index in [1.807, 2.05) is 28.8 Å². The van der Waals surface area contributed by atoms with E-state index in [4.69, 9.17) is 16.3 Å². The summed E-state index contributed by atoms with van der Waals surface area (Å²) in [4.78, 5) is 0. The van der Waals surface area contributed by atoms with Crippen molar-refractivity contribution < 1.29 is 4.74 Å². The Morgan fingerprint density at radius 1 is 1.04 bits per heavy atom. The summed E-state index contributed by atoms with van der Waals surface area (Å²) in [6.45, 7) is 0.462. The molecule has 4 nitrogen and oxygen atoms in total. The average molecular weight is 364 g/mol. The fraction of sp³-hybridized carbons (Fsp3) is 0.238. The second kappa shape index (κ2) is 6.29. The lowest BCUT2D eigenvalue weighted by Crippen LogP contribution is -1.99. The minimum absolute atomic E-state index is 0.462. The molecular weight excluding hydrogens is 346 g/mol. The third-order valence-electron chi connectivity index (χ3n) is 4.93. The molecule has 2 heterocycles. The highest BCUT2D eigenvalue weighted by atomic mass is 35.5. The van der Waals surface area contributed by atoms with Gasteiger partial charge in [-0.1, -0.05) is 48.0 Å². The maximum absolute atomic E-state index is 6.52. The van der Waals surface area contributed by atoms with Crippen LogP contribution in [0.15, 0.2) is 54.7 Å². The first-order valence-electron chi connectivity index (χ1n) is 8.90. The van der Waals surface area contributed by atoms with Gasteiger partial charge >= 0.3 is 0 Å². The van der Waals surface area contributed by atoms with E-state index in [0.29, 0.717) is 23.0 Å². The maximum Gasteiger partial charge on any atom is 0.183 e. The predicted octanol–water partition coefficient (Wildman–Crippen LogP) is 5.07. The normalized spacial score (nSPS) is 14.2. The van der Waals surface area contributed by atoms with Crippen molar-refractivity contribution >= 4 is 28.0 Å². The number of hydrogen-bond donors (Lipinski definition) is 0. The maximum atomic E-state index is 6.52. The Morgan fingerprint density at radius 3 is 2.73 bits per heavy atom. The zero-order chi connectivity index (χ0) is 17.5. The molecule has 0 atom stereocenters. The summed E-state index contributed by atoms with van der Waals surface area (Å²) < 4.78 is 7.95. The molecule has 0 amide bonds. The van der Waals surface area contributed by atoms with Gasteiger partial charge in [-0.3, -0.25) is 4.40 Å². The minimum Gasteiger partial charge on any atom is -0.487 e. The van der Waals surface area contributed by atoms with Crippen molar-refractivity contribution in [3.63, 3.8) is 0 Å². The van der Waals surface area contributed by atoms with Crippen molar-refractivity contribution in [2.75, 3.05) is 0 Å². The topological polar surface area (TPSA) is 39.4 Å². The third kappa shape index (κ3) is 2.90. The molecule has 0 aliphatic heterocycles. The van der Waals surface area contributed by atoms with E-state index < -0.39 is 0 Å². The average Bonchev–Trinajstić information content (AvgIpc) is 3.39. The largest absolute Gasteiger partial charge is 0.487 e. The zero-order valence-electron chi connectivity index (χ0n) is 14.2. The van der Waals surface area contributed by atoms with Crippen LogP contribution in [-0.2, 0) is 13.0 Å². The molecule has 1 aliphatic rings. The van der Waals surface area contributed by atoms with Gasteiger partial charge in [0.15, 0.2) is 5.65 Å². The van der Waals surface area contributed by atoms with Gasteiger partial charge in [0.1, 0.15) is 23.2 Å². The number of rotatable bonds is 5. The highest BCUT2D eigenvalue weighted by Gasteiger charge is 2.24. The van der Waals surface area contributed by atoms with Crippen LogP contribution in [-0.4, -0.2) is 14.6 Å². The van der Waals surface area contributed by atoms with Crippen LogP contribution in [0.4, 0.5) is 0 Å². The standard InChI is InChI=1S/C21H18ClN3O/c22-20-18(9-10-25-19(12-14-5-6-14)23-24-21(20)25)26-13-15-7-8-16-3-1-2-4-17(16)11-15/h1-4,7-11,14H,5-6,12-13H2. The summed E-state index contributed by atoms with van der Waals surface area (Å²) in [5.41, 5.74) is 1.77. The van der Waals surface area contributed by atoms with Crippen molar-refractivity contribution in [2.24, 2.45) is 5.92 Å². The molecule has 0 radical (unpaired) electrons. The predicted molar refractivity (Wildman–Crippen MR) is 103 cm³/mol. The number of pyridine rings is 1. The molecule has 2 aromatic heterocycles. The molecule has 2 aromatic carbocycles. The van der Waals surface area contributed by atoms with Gasteiger partial charge in [0.05, 0.1) is 0 Å². The summed E-state index contributed by atoms with van der Waals surface area (Å²) in [7, 11) is 0. The number of hydrogen-bond acceptors (Lipinski definition) is 3. The Balaban J connectivity index is 1.39. The van der Waals surface area contributed by atoms with E-state index in [1.165, 1.54) is 23.6 Å². The number of fused-ring (bicyclic) bond motifs is 2. The highest BCUT2D eigenvalue weighted by molar-refractivity contribution is 6.34. The Morgan fingerprint density at radius 2 is 1.88 bits per heavy atom. The van der Waals surface area contributed by atoms with Crippen LogP contribution >= 0.6 is 11.6 Å². The summed E-state index contributed by atoms with van der Waals surface area (Å²) in [6, 6.07) is 16.5. The molecule has 26 heavy (non-hydrogen) atoms. The zero-order valence-corrected chi connectivity index (χ0v) is 15.0. The Bertz CT molecular complexity index is 1100. The molecule has 0 unspecified atom stereocenters. The Labute approximate surface area is 156 Å². The number of nitrogens with zero attached hydrogens (tertiary/aromatic N) is 3. The van der Waals surface area contributed by atoms with Crippen molar-refractivity contribution in [2.45, 2.75) is 25.9 Å². The van der Waals surface area contributed by atoms with Crippen molar-refractivity contribution in [3.8, 4) is 5.75 Å². The molecule has 130 valence electrons. The van der Waals surface area contributed by atoms with Gasteiger partial charge in [0, 0.05) is 12.6 Å². The molecule has 5 heteroatoms. The Hall–Kier alpha value is -2.59. The molecule has 0 N–H and O–H groups in total. The fourth-order valence-electron chi connectivity index (χ4n) is 3.28. The van der Waals surface area contributed by atoms with Crippen LogP contribution in [0.3, 0.4) is 0 Å². The molecule has 0 saturated heterocycles. The van der Waals surface area contributed by atoms with E-state index in [9.17, 15) is 0 Å². The summed E-state index contributed by atoms with van der Waals surface area (Å²) in [6.07, 6.45) is 5.49. The number of benzene rings is 2. The van der Waals surface area contributed by atoms with Gasteiger partial charge in [-0.25, -0.2) is 0 Å². The lowest BCUT2D eigenvalue weighted by Gasteiger charge is -2.10. The van der Waals surface area contributed by atoms with Crippen LogP contribution in [0.5, 0.6) is 5.75 Å². The monoisotopic (exact) mass is 363 g/mol. The van der Waals surface area contributed by atoms with Crippen LogP contribution in [0.25, 0.3) is 16.4 Å². The third-order valence-corrected chi connectivity index (χ3v) is 5.29. The van der Waals surface area contributed by atoms with Gasteiger partial charge in [-0.15, -0.1) is 10.2 Å². The molecule has 1 aliphatic carbocycles. The van der Waals surface area contributed by atoms with E-state index in [1.54, 1.807) is 0 Å². The molecule has 1 saturated carbocycles. The first-order valence-corrected chi connectivity index (χ1v) is 9.28. The van der Waals surface area contributed by atoms with Crippen LogP contribution in [0, 0.1) is 5.92 Å². The van der Waals surface area contributed by atoms with Gasteiger partial charge in [-0.2, -0.15) is 0 Å². The summed E-state index contributed by atoms with van der Waals surface area (Å²) in [5, 5.41) is 11.5. The van der Waals surface area contributed by atoms with Crippen LogP contribution < -0.4 is 4.74 Å². The van der Waals surface area contributed by atoms with E-state index in [2.05, 4.69) is 40.5 Å². The second-order valence-corrected chi connectivity index (χ2v) is 7.30. The molecule has 1 fully saturated rings. The number of halogens is 1. The summed E-state index contributed by atoms with van der Waals surface area (Å²) in [5.74, 6) is 2.37. The minimum atomic E-state index is 0.462. The molecule has 0 spiro atoms.